The monoisotopic (exact) mass is 353 g/mol. The zero-order valence-electron chi connectivity index (χ0n) is 10.2. The molecule has 3 nitrogen and oxygen atoms in total. The number of rotatable bonds is 2. The van der Waals surface area contributed by atoms with Gasteiger partial charge >= 0.3 is 0 Å². The largest absolute Gasteiger partial charge is 0.352 e. The van der Waals surface area contributed by atoms with Crippen molar-refractivity contribution in [2.45, 2.75) is 12.1 Å². The number of hydrogen-bond acceptors (Lipinski definition) is 3. The third-order valence-corrected chi connectivity index (χ3v) is 5.39. The van der Waals surface area contributed by atoms with E-state index in [1.807, 2.05) is 31.4 Å². The number of halogens is 1. The summed E-state index contributed by atoms with van der Waals surface area (Å²) >= 11 is 10.6. The summed E-state index contributed by atoms with van der Waals surface area (Å²) in [4.78, 5) is 7.84. The molecule has 6 heteroatoms. The highest BCUT2D eigenvalue weighted by Crippen LogP contribution is 2.40. The molecule has 0 bridgehead atoms. The van der Waals surface area contributed by atoms with Gasteiger partial charge in [0.25, 0.3) is 0 Å². The lowest BCUT2D eigenvalue weighted by molar-refractivity contribution is 0.374. The Morgan fingerprint density at radius 1 is 1.47 bits per heavy atom. The SMILES string of the molecule is CN1C(=S)NC(c2ccccn2)C1c1cc(Br)cs1. The van der Waals surface area contributed by atoms with Crippen LogP contribution >= 0.6 is 39.5 Å². The summed E-state index contributed by atoms with van der Waals surface area (Å²) in [5, 5.41) is 6.23. The standard InChI is InChI=1S/C13H12BrN3S2/c1-17-12(10-6-8(14)7-19-10)11(16-13(17)18)9-4-2-3-5-15-9/h2-7,11-12H,1H3,(H,16,18). The van der Waals surface area contributed by atoms with E-state index >= 15 is 0 Å². The van der Waals surface area contributed by atoms with Crippen LogP contribution in [0.4, 0.5) is 0 Å². The summed E-state index contributed by atoms with van der Waals surface area (Å²) < 4.78 is 1.11. The van der Waals surface area contributed by atoms with Crippen LogP contribution < -0.4 is 5.32 Å². The average Bonchev–Trinajstić information content (AvgIpc) is 2.96. The molecule has 2 aromatic heterocycles. The van der Waals surface area contributed by atoms with Gasteiger partial charge in [-0.25, -0.2) is 0 Å². The summed E-state index contributed by atoms with van der Waals surface area (Å²) in [6.45, 7) is 0. The van der Waals surface area contributed by atoms with Crippen LogP contribution in [0.25, 0.3) is 0 Å². The van der Waals surface area contributed by atoms with E-state index in [2.05, 4.69) is 42.6 Å². The quantitative estimate of drug-likeness (QED) is 0.836. The van der Waals surface area contributed by atoms with Crippen LogP contribution in [0.1, 0.15) is 22.7 Å². The topological polar surface area (TPSA) is 28.2 Å². The number of nitrogens with one attached hydrogen (secondary N) is 1. The van der Waals surface area contributed by atoms with E-state index in [0.717, 1.165) is 15.3 Å². The van der Waals surface area contributed by atoms with Gasteiger partial charge in [-0.3, -0.25) is 4.98 Å². The molecule has 1 N–H and O–H groups in total. The van der Waals surface area contributed by atoms with E-state index in [4.69, 9.17) is 12.2 Å². The maximum Gasteiger partial charge on any atom is 0.169 e. The maximum atomic E-state index is 5.38. The van der Waals surface area contributed by atoms with Gasteiger partial charge < -0.3 is 10.2 Å². The smallest absolute Gasteiger partial charge is 0.169 e. The third kappa shape index (κ3) is 2.40. The van der Waals surface area contributed by atoms with Crippen molar-refractivity contribution in [1.82, 2.24) is 15.2 Å². The highest BCUT2D eigenvalue weighted by Gasteiger charge is 2.38. The lowest BCUT2D eigenvalue weighted by atomic mass is 10.0. The molecule has 1 fully saturated rings. The predicted octanol–water partition coefficient (Wildman–Crippen LogP) is 3.51. The molecule has 3 heterocycles. The Morgan fingerprint density at radius 2 is 2.32 bits per heavy atom. The average molecular weight is 354 g/mol. The fourth-order valence-corrected chi connectivity index (χ4v) is 4.16. The maximum absolute atomic E-state index is 5.38. The fourth-order valence-electron chi connectivity index (χ4n) is 2.30. The molecule has 2 aromatic rings. The molecule has 0 spiro atoms. The molecule has 0 radical (unpaired) electrons. The number of nitrogens with zero attached hydrogens (tertiary/aromatic N) is 2. The molecular weight excluding hydrogens is 342 g/mol. The molecule has 98 valence electrons. The molecule has 1 aliphatic heterocycles. The van der Waals surface area contributed by atoms with Crippen molar-refractivity contribution in [3.63, 3.8) is 0 Å². The van der Waals surface area contributed by atoms with Gasteiger partial charge in [-0.05, 0) is 46.3 Å². The minimum Gasteiger partial charge on any atom is -0.352 e. The summed E-state index contributed by atoms with van der Waals surface area (Å²) in [5.74, 6) is 0. The Balaban J connectivity index is 2.01. The minimum atomic E-state index is 0.101. The second-order valence-electron chi connectivity index (χ2n) is 4.40. The number of pyridine rings is 1. The Hall–Kier alpha value is -0.980. The zero-order chi connectivity index (χ0) is 13.4. The second kappa shape index (κ2) is 5.19. The first-order valence-corrected chi connectivity index (χ1v) is 7.93. The van der Waals surface area contributed by atoms with Crippen LogP contribution in [0.15, 0.2) is 40.3 Å². The lowest BCUT2D eigenvalue weighted by Crippen LogP contribution is -2.24. The van der Waals surface area contributed by atoms with E-state index in [-0.39, 0.29) is 12.1 Å². The normalized spacial score (nSPS) is 22.6. The lowest BCUT2D eigenvalue weighted by Gasteiger charge is -2.22. The summed E-state index contributed by atoms with van der Waals surface area (Å²) in [6, 6.07) is 8.42. The first kappa shape index (κ1) is 13.0. The van der Waals surface area contributed by atoms with Crippen molar-refractivity contribution in [2.75, 3.05) is 7.05 Å². The zero-order valence-corrected chi connectivity index (χ0v) is 13.4. The highest BCUT2D eigenvalue weighted by molar-refractivity contribution is 9.10. The van der Waals surface area contributed by atoms with Crippen LogP contribution in [0.2, 0.25) is 0 Å². The van der Waals surface area contributed by atoms with Crippen LogP contribution in [-0.2, 0) is 0 Å². The van der Waals surface area contributed by atoms with Gasteiger partial charge in [-0.2, -0.15) is 0 Å². The van der Waals surface area contributed by atoms with E-state index in [0.29, 0.717) is 0 Å². The number of thiophene rings is 1. The molecule has 1 saturated heterocycles. The summed E-state index contributed by atoms with van der Waals surface area (Å²) in [6.07, 6.45) is 1.82. The van der Waals surface area contributed by atoms with Gasteiger partial charge in [-0.1, -0.05) is 6.07 Å². The van der Waals surface area contributed by atoms with Gasteiger partial charge in [0, 0.05) is 28.0 Å². The summed E-state index contributed by atoms with van der Waals surface area (Å²) in [7, 11) is 2.02. The molecule has 19 heavy (non-hydrogen) atoms. The van der Waals surface area contributed by atoms with Crippen molar-refractivity contribution in [2.24, 2.45) is 0 Å². The van der Waals surface area contributed by atoms with Crippen molar-refractivity contribution >= 4 is 44.6 Å². The van der Waals surface area contributed by atoms with Crippen molar-refractivity contribution in [1.29, 1.82) is 0 Å². The number of aromatic nitrogens is 1. The van der Waals surface area contributed by atoms with Crippen LogP contribution in [-0.4, -0.2) is 22.0 Å². The Kier molecular flexibility index (Phi) is 3.56. The summed E-state index contributed by atoms with van der Waals surface area (Å²) in [5.41, 5.74) is 1.02. The molecule has 3 rings (SSSR count). The van der Waals surface area contributed by atoms with Crippen LogP contribution in [0.5, 0.6) is 0 Å². The molecule has 0 saturated carbocycles. The first-order valence-electron chi connectivity index (χ1n) is 5.85. The molecule has 1 aliphatic rings. The second-order valence-corrected chi connectivity index (χ2v) is 6.65. The van der Waals surface area contributed by atoms with Crippen LogP contribution in [0, 0.1) is 0 Å². The van der Waals surface area contributed by atoms with Gasteiger partial charge in [0.2, 0.25) is 0 Å². The van der Waals surface area contributed by atoms with Gasteiger partial charge in [-0.15, -0.1) is 11.3 Å². The van der Waals surface area contributed by atoms with E-state index in [1.165, 1.54) is 4.88 Å². The van der Waals surface area contributed by atoms with Crippen molar-refractivity contribution in [3.8, 4) is 0 Å². The number of hydrogen-bond donors (Lipinski definition) is 1. The van der Waals surface area contributed by atoms with Gasteiger partial charge in [0.05, 0.1) is 17.8 Å². The number of thiocarbonyl (C=S) groups is 1. The van der Waals surface area contributed by atoms with E-state index in [9.17, 15) is 0 Å². The molecular formula is C13H12BrN3S2. The van der Waals surface area contributed by atoms with Crippen molar-refractivity contribution in [3.05, 3.63) is 50.9 Å². The minimum absolute atomic E-state index is 0.101. The fraction of sp³-hybridized carbons (Fsp3) is 0.231. The molecule has 0 amide bonds. The van der Waals surface area contributed by atoms with E-state index in [1.54, 1.807) is 11.3 Å². The van der Waals surface area contributed by atoms with Crippen LogP contribution in [0.3, 0.4) is 0 Å². The first-order chi connectivity index (χ1) is 9.16. The molecule has 2 unspecified atom stereocenters. The molecule has 0 aromatic carbocycles. The Bertz CT molecular complexity index is 599. The van der Waals surface area contributed by atoms with Crippen molar-refractivity contribution < 1.29 is 0 Å². The van der Waals surface area contributed by atoms with E-state index < -0.39 is 0 Å². The highest BCUT2D eigenvalue weighted by atomic mass is 79.9. The predicted molar refractivity (Wildman–Crippen MR) is 85.2 cm³/mol. The Morgan fingerprint density at radius 3 is 2.95 bits per heavy atom. The molecule has 2 atom stereocenters. The molecule has 0 aliphatic carbocycles. The Labute approximate surface area is 129 Å². The van der Waals surface area contributed by atoms with Gasteiger partial charge in [0.1, 0.15) is 0 Å². The number of likely N-dealkylation sites (N-methyl/N-ethyl adjacent to an activating group) is 1. The third-order valence-electron chi connectivity index (χ3n) is 3.22. The van der Waals surface area contributed by atoms with Gasteiger partial charge in [0.15, 0.2) is 5.11 Å².